The number of halogens is 3. The van der Waals surface area contributed by atoms with E-state index in [-0.39, 0.29) is 47.6 Å². The Hall–Kier alpha value is -3.17. The Balaban J connectivity index is 1.91. The smallest absolute Gasteiger partial charge is 0.389 e. The van der Waals surface area contributed by atoms with Crippen LogP contribution in [0.3, 0.4) is 0 Å². The van der Waals surface area contributed by atoms with Gasteiger partial charge in [0.1, 0.15) is 11.9 Å². The van der Waals surface area contributed by atoms with Crippen molar-refractivity contribution in [3.05, 3.63) is 36.3 Å². The van der Waals surface area contributed by atoms with Crippen LogP contribution in [0.2, 0.25) is 0 Å². The Morgan fingerprint density at radius 1 is 1.36 bits per heavy atom. The van der Waals surface area contributed by atoms with Gasteiger partial charge < -0.3 is 24.6 Å². The molecule has 216 valence electrons. The molecule has 0 unspecified atom stereocenters. The highest BCUT2D eigenvalue weighted by Gasteiger charge is 2.36. The van der Waals surface area contributed by atoms with Crippen molar-refractivity contribution >= 4 is 27.5 Å². The number of nitrogens with zero attached hydrogens (tertiary/aromatic N) is 4. The van der Waals surface area contributed by atoms with Crippen molar-refractivity contribution in [3.8, 4) is 5.75 Å². The molecule has 0 saturated heterocycles. The van der Waals surface area contributed by atoms with Gasteiger partial charge in [0, 0.05) is 44.9 Å². The predicted octanol–water partition coefficient (Wildman–Crippen LogP) is 2.24. The standard InChI is InChI=1S/C24H32F3N5O6S/c1-15-10-32(16(2)13-33)23(35)18-9-17(29-21(34)7-8-24(25,26)27)5-6-19(18)38-20(15)11-31(4)39(36,37)22-12-30(3)14-28-22/h5-6,9,12,14-16,20,33H,7-8,10-11,13H2,1-4H3,(H,29,34)/t15-,16-,20-/m0/s1. The summed E-state index contributed by atoms with van der Waals surface area (Å²) in [6.07, 6.45) is -4.56. The largest absolute Gasteiger partial charge is 0.488 e. The molecule has 2 amide bonds. The highest BCUT2D eigenvalue weighted by Crippen LogP contribution is 2.31. The third-order valence-corrected chi connectivity index (χ3v) is 8.09. The van der Waals surface area contributed by atoms with Gasteiger partial charge in [-0.15, -0.1) is 0 Å². The molecule has 3 atom stereocenters. The monoisotopic (exact) mass is 575 g/mol. The summed E-state index contributed by atoms with van der Waals surface area (Å²) in [5, 5.41) is 12.0. The number of sulfonamides is 1. The molecular weight excluding hydrogens is 543 g/mol. The molecule has 1 aromatic heterocycles. The lowest BCUT2D eigenvalue weighted by Gasteiger charge is -2.38. The van der Waals surface area contributed by atoms with Gasteiger partial charge in [-0.25, -0.2) is 13.4 Å². The van der Waals surface area contributed by atoms with E-state index in [2.05, 4.69) is 10.3 Å². The van der Waals surface area contributed by atoms with Crippen LogP contribution >= 0.6 is 0 Å². The van der Waals surface area contributed by atoms with Crippen LogP contribution in [0.25, 0.3) is 0 Å². The lowest BCUT2D eigenvalue weighted by molar-refractivity contribution is -0.142. The minimum Gasteiger partial charge on any atom is -0.488 e. The minimum absolute atomic E-state index is 0.0102. The number of imidazole rings is 1. The molecule has 0 fully saturated rings. The van der Waals surface area contributed by atoms with Gasteiger partial charge in [-0.1, -0.05) is 6.92 Å². The number of benzene rings is 1. The lowest BCUT2D eigenvalue weighted by atomic mass is 9.99. The van der Waals surface area contributed by atoms with Crippen molar-refractivity contribution in [1.29, 1.82) is 0 Å². The number of aromatic nitrogens is 2. The van der Waals surface area contributed by atoms with E-state index in [4.69, 9.17) is 4.74 Å². The van der Waals surface area contributed by atoms with Crippen molar-refractivity contribution in [1.82, 2.24) is 18.8 Å². The normalized spacial score (nSPS) is 19.2. The average molecular weight is 576 g/mol. The third-order valence-electron chi connectivity index (χ3n) is 6.38. The average Bonchev–Trinajstić information content (AvgIpc) is 3.31. The zero-order chi connectivity index (χ0) is 29.1. The van der Waals surface area contributed by atoms with Gasteiger partial charge in [-0.2, -0.15) is 17.5 Å². The van der Waals surface area contributed by atoms with Gasteiger partial charge in [0.2, 0.25) is 5.91 Å². The highest BCUT2D eigenvalue weighted by atomic mass is 32.2. The molecule has 0 spiro atoms. The second kappa shape index (κ2) is 11.9. The summed E-state index contributed by atoms with van der Waals surface area (Å²) in [6, 6.07) is 3.47. The molecule has 2 aromatic rings. The van der Waals surface area contributed by atoms with E-state index in [0.29, 0.717) is 0 Å². The molecule has 3 rings (SSSR count). The van der Waals surface area contributed by atoms with Crippen molar-refractivity contribution < 1.29 is 41.0 Å². The van der Waals surface area contributed by atoms with Gasteiger partial charge in [-0.05, 0) is 25.1 Å². The molecule has 11 nitrogen and oxygen atoms in total. The Bertz CT molecular complexity index is 1300. The zero-order valence-electron chi connectivity index (χ0n) is 22.0. The van der Waals surface area contributed by atoms with E-state index in [1.54, 1.807) is 20.9 Å². The summed E-state index contributed by atoms with van der Waals surface area (Å²) in [6.45, 7) is 3.11. The number of fused-ring (bicyclic) bond motifs is 1. The maximum Gasteiger partial charge on any atom is 0.389 e. The lowest BCUT2D eigenvalue weighted by Crippen LogP contribution is -2.50. The number of aliphatic hydroxyl groups excluding tert-OH is 1. The van der Waals surface area contributed by atoms with E-state index >= 15 is 0 Å². The van der Waals surface area contributed by atoms with E-state index < -0.39 is 53.0 Å². The number of rotatable bonds is 9. The fourth-order valence-electron chi connectivity index (χ4n) is 4.03. The molecule has 1 aliphatic rings. The number of hydrogen-bond donors (Lipinski definition) is 2. The number of alkyl halides is 3. The van der Waals surface area contributed by atoms with Gasteiger partial charge in [0.05, 0.1) is 37.5 Å². The van der Waals surface area contributed by atoms with Crippen molar-refractivity contribution in [3.63, 3.8) is 0 Å². The summed E-state index contributed by atoms with van der Waals surface area (Å²) in [5.41, 5.74) is 0.102. The molecule has 0 radical (unpaired) electrons. The number of carbonyl (C=O) groups is 2. The Morgan fingerprint density at radius 2 is 2.05 bits per heavy atom. The number of ether oxygens (including phenoxy) is 1. The third kappa shape index (κ3) is 7.48. The zero-order valence-corrected chi connectivity index (χ0v) is 22.8. The first kappa shape index (κ1) is 30.4. The van der Waals surface area contributed by atoms with Crippen LogP contribution in [0, 0.1) is 5.92 Å². The highest BCUT2D eigenvalue weighted by molar-refractivity contribution is 7.89. The first-order valence-electron chi connectivity index (χ1n) is 12.2. The first-order valence-corrected chi connectivity index (χ1v) is 13.6. The molecule has 1 aromatic carbocycles. The van der Waals surface area contributed by atoms with Crippen LogP contribution in [0.1, 0.15) is 37.0 Å². The van der Waals surface area contributed by atoms with Crippen molar-refractivity contribution in [2.75, 3.05) is 32.1 Å². The Kier molecular flexibility index (Phi) is 9.28. The van der Waals surface area contributed by atoms with Crippen LogP contribution in [-0.4, -0.2) is 89.2 Å². The summed E-state index contributed by atoms with van der Waals surface area (Å²) >= 11 is 0. The van der Waals surface area contributed by atoms with Crippen LogP contribution < -0.4 is 10.1 Å². The summed E-state index contributed by atoms with van der Waals surface area (Å²) in [4.78, 5) is 30.8. The molecular formula is C24H32F3N5O6S. The van der Waals surface area contributed by atoms with Gasteiger partial charge >= 0.3 is 6.18 Å². The quantitative estimate of drug-likeness (QED) is 0.469. The van der Waals surface area contributed by atoms with E-state index in [0.717, 1.165) is 4.31 Å². The molecule has 0 aliphatic carbocycles. The summed E-state index contributed by atoms with van der Waals surface area (Å²) < 4.78 is 72.3. The number of aliphatic hydroxyl groups is 1. The molecule has 0 saturated carbocycles. The second-order valence-corrected chi connectivity index (χ2v) is 11.7. The number of aryl methyl sites for hydroxylation is 1. The number of amides is 2. The summed E-state index contributed by atoms with van der Waals surface area (Å²) in [5.74, 6) is -1.67. The number of likely N-dealkylation sites (N-methyl/N-ethyl adjacent to an activating group) is 1. The molecule has 39 heavy (non-hydrogen) atoms. The van der Waals surface area contributed by atoms with Crippen LogP contribution in [0.4, 0.5) is 18.9 Å². The number of nitrogens with one attached hydrogen (secondary N) is 1. The van der Waals surface area contributed by atoms with Crippen LogP contribution in [-0.2, 0) is 21.9 Å². The van der Waals surface area contributed by atoms with Gasteiger partial charge in [0.15, 0.2) is 5.03 Å². The topological polar surface area (TPSA) is 134 Å². The van der Waals surface area contributed by atoms with Gasteiger partial charge in [0.25, 0.3) is 15.9 Å². The first-order chi connectivity index (χ1) is 18.1. The Labute approximate surface area is 224 Å². The van der Waals surface area contributed by atoms with E-state index in [1.807, 2.05) is 0 Å². The van der Waals surface area contributed by atoms with Crippen molar-refractivity contribution in [2.45, 2.75) is 50.0 Å². The Morgan fingerprint density at radius 3 is 2.64 bits per heavy atom. The molecule has 2 N–H and O–H groups in total. The van der Waals surface area contributed by atoms with Crippen LogP contribution in [0.15, 0.2) is 35.7 Å². The molecule has 0 bridgehead atoms. The second-order valence-electron chi connectivity index (χ2n) is 9.66. The maximum atomic E-state index is 13.5. The number of anilines is 1. The fraction of sp³-hybridized carbons (Fsp3) is 0.542. The van der Waals surface area contributed by atoms with Crippen molar-refractivity contribution in [2.24, 2.45) is 13.0 Å². The number of carbonyl (C=O) groups excluding carboxylic acids is 2. The predicted molar refractivity (Wildman–Crippen MR) is 135 cm³/mol. The summed E-state index contributed by atoms with van der Waals surface area (Å²) in [7, 11) is -0.917. The van der Waals surface area contributed by atoms with E-state index in [1.165, 1.54) is 47.2 Å². The van der Waals surface area contributed by atoms with Crippen LogP contribution in [0.5, 0.6) is 5.75 Å². The fourth-order valence-corrected chi connectivity index (χ4v) is 5.17. The maximum absolute atomic E-state index is 13.5. The van der Waals surface area contributed by atoms with Gasteiger partial charge in [-0.3, -0.25) is 9.59 Å². The molecule has 15 heteroatoms. The molecule has 1 aliphatic heterocycles. The minimum atomic E-state index is -4.49. The molecule has 2 heterocycles. The SMILES string of the molecule is C[C@H]1CN([C@@H](C)CO)C(=O)c2cc(NC(=O)CCC(F)(F)F)ccc2O[C@H]1CN(C)S(=O)(=O)c1cn(C)cn1. The van der Waals surface area contributed by atoms with E-state index in [9.17, 15) is 36.3 Å². The number of hydrogen-bond acceptors (Lipinski definition) is 7.